The molecule has 0 aromatic heterocycles. The van der Waals surface area contributed by atoms with E-state index in [1.54, 1.807) is 12.0 Å². The van der Waals surface area contributed by atoms with Crippen LogP contribution in [-0.2, 0) is 11.3 Å². The maximum atomic E-state index is 12.4. The molecule has 0 aliphatic carbocycles. The van der Waals surface area contributed by atoms with E-state index in [0.717, 1.165) is 44.0 Å². The highest BCUT2D eigenvalue weighted by Crippen LogP contribution is 2.24. The van der Waals surface area contributed by atoms with Crippen molar-refractivity contribution >= 4 is 11.6 Å². The van der Waals surface area contributed by atoms with Crippen LogP contribution in [0, 0.1) is 6.92 Å². The van der Waals surface area contributed by atoms with E-state index in [1.807, 2.05) is 25.1 Å². The summed E-state index contributed by atoms with van der Waals surface area (Å²) in [5.41, 5.74) is 3.24. The van der Waals surface area contributed by atoms with Gasteiger partial charge in [0.2, 0.25) is 0 Å². The van der Waals surface area contributed by atoms with E-state index in [2.05, 4.69) is 35.6 Å². The van der Waals surface area contributed by atoms with Crippen LogP contribution in [0.1, 0.15) is 11.1 Å². The third-order valence-electron chi connectivity index (χ3n) is 5.00. The Morgan fingerprint density at radius 3 is 2.42 bits per heavy atom. The second-order valence-corrected chi connectivity index (χ2v) is 7.09. The number of methoxy groups -OCH3 is 1. The molecular weight excluding hydrogens is 326 g/mol. The van der Waals surface area contributed by atoms with E-state index in [4.69, 9.17) is 4.74 Å². The summed E-state index contributed by atoms with van der Waals surface area (Å²) in [6.45, 7) is 7.85. The van der Waals surface area contributed by atoms with Crippen LogP contribution in [0.25, 0.3) is 0 Å². The molecule has 1 fully saturated rings. The van der Waals surface area contributed by atoms with Gasteiger partial charge in [-0.2, -0.15) is 0 Å². The Morgan fingerprint density at radius 1 is 1.04 bits per heavy atom. The summed E-state index contributed by atoms with van der Waals surface area (Å²) in [4.78, 5) is 15.4. The van der Waals surface area contributed by atoms with E-state index in [-0.39, 0.29) is 5.91 Å². The van der Waals surface area contributed by atoms with Crippen LogP contribution in [0.3, 0.4) is 0 Å². The highest BCUT2D eigenvalue weighted by molar-refractivity contribution is 5.93. The summed E-state index contributed by atoms with van der Waals surface area (Å²) in [7, 11) is 1.63. The number of benzene rings is 2. The Hall–Kier alpha value is -2.37. The molecule has 0 radical (unpaired) electrons. The van der Waals surface area contributed by atoms with E-state index in [0.29, 0.717) is 12.3 Å². The van der Waals surface area contributed by atoms with Crippen LogP contribution in [-0.4, -0.2) is 45.7 Å². The molecule has 0 saturated carbocycles. The van der Waals surface area contributed by atoms with Crippen LogP contribution < -0.4 is 19.9 Å². The number of amides is 1. The Kier molecular flexibility index (Phi) is 6.26. The molecule has 26 heavy (non-hydrogen) atoms. The number of ether oxygens (including phenoxy) is 1. The number of hydrogen-bond donors (Lipinski definition) is 3. The number of aryl methyl sites for hydroxylation is 1. The van der Waals surface area contributed by atoms with Crippen LogP contribution in [0.5, 0.6) is 5.75 Å². The molecule has 2 aromatic carbocycles. The first-order valence-electron chi connectivity index (χ1n) is 9.29. The van der Waals surface area contributed by atoms with E-state index in [1.165, 1.54) is 10.5 Å². The summed E-state index contributed by atoms with van der Waals surface area (Å²) in [5.74, 6) is 0.756. The van der Waals surface area contributed by atoms with Crippen molar-refractivity contribution in [2.75, 3.05) is 45.2 Å². The Morgan fingerprint density at radius 2 is 1.73 bits per heavy atom. The molecule has 5 nitrogen and oxygen atoms in total. The lowest BCUT2D eigenvalue weighted by Crippen LogP contribution is -3.28. The van der Waals surface area contributed by atoms with Crippen molar-refractivity contribution < 1.29 is 19.3 Å². The fraction of sp³-hybridized carbons (Fsp3) is 0.381. The van der Waals surface area contributed by atoms with Gasteiger partial charge in [0.1, 0.15) is 38.5 Å². The topological polar surface area (TPSA) is 47.2 Å². The molecule has 0 atom stereocenters. The quantitative estimate of drug-likeness (QED) is 0.679. The lowest BCUT2D eigenvalue weighted by atomic mass is 10.2. The van der Waals surface area contributed by atoms with Gasteiger partial charge in [-0.3, -0.25) is 4.79 Å². The number of nitrogens with one attached hydrogen (secondary N) is 3. The average molecular weight is 355 g/mol. The zero-order valence-electron chi connectivity index (χ0n) is 15.7. The van der Waals surface area contributed by atoms with Gasteiger partial charge in [-0.25, -0.2) is 0 Å². The van der Waals surface area contributed by atoms with Crippen molar-refractivity contribution in [3.8, 4) is 5.75 Å². The largest absolute Gasteiger partial charge is 0.495 e. The third kappa shape index (κ3) is 5.07. The minimum absolute atomic E-state index is 0.0513. The van der Waals surface area contributed by atoms with E-state index < -0.39 is 0 Å². The Balaban J connectivity index is 1.47. The summed E-state index contributed by atoms with van der Waals surface area (Å²) in [6.07, 6.45) is 0. The second-order valence-electron chi connectivity index (χ2n) is 7.09. The molecule has 5 heteroatoms. The number of anilines is 1. The average Bonchev–Trinajstić information content (AvgIpc) is 2.64. The highest BCUT2D eigenvalue weighted by atomic mass is 16.5. The zero-order chi connectivity index (χ0) is 18.4. The summed E-state index contributed by atoms with van der Waals surface area (Å²) in [5, 5.41) is 3.01. The molecule has 0 bridgehead atoms. The van der Waals surface area contributed by atoms with Gasteiger partial charge < -0.3 is 19.9 Å². The van der Waals surface area contributed by atoms with E-state index in [9.17, 15) is 4.79 Å². The van der Waals surface area contributed by atoms with Crippen LogP contribution in [0.2, 0.25) is 0 Å². The standard InChI is InChI=1S/C21H27N3O2/c1-17-8-9-20(26-2)19(14-17)22-21(25)16-24-12-10-23(11-13-24)15-18-6-4-3-5-7-18/h3-9,14H,10-13,15-16H2,1-2H3,(H,22,25)/p+2. The SMILES string of the molecule is COc1ccc(C)cc1NC(=O)C[NH+]1CC[NH+](Cc2ccccc2)CC1. The predicted octanol–water partition coefficient (Wildman–Crippen LogP) is -0.0743. The lowest BCUT2D eigenvalue weighted by Gasteiger charge is -2.29. The van der Waals surface area contributed by atoms with Crippen molar-refractivity contribution in [3.63, 3.8) is 0 Å². The summed E-state index contributed by atoms with van der Waals surface area (Å²) in [6, 6.07) is 16.5. The predicted molar refractivity (Wildman–Crippen MR) is 103 cm³/mol. The Labute approximate surface area is 155 Å². The first kappa shape index (κ1) is 18.4. The van der Waals surface area contributed by atoms with Crippen molar-refractivity contribution in [1.82, 2.24) is 0 Å². The van der Waals surface area contributed by atoms with Gasteiger partial charge in [-0.15, -0.1) is 0 Å². The molecule has 0 spiro atoms. The van der Waals surface area contributed by atoms with Crippen LogP contribution >= 0.6 is 0 Å². The normalized spacial score (nSPS) is 19.8. The monoisotopic (exact) mass is 355 g/mol. The maximum absolute atomic E-state index is 12.4. The number of hydrogen-bond acceptors (Lipinski definition) is 2. The lowest BCUT2D eigenvalue weighted by molar-refractivity contribution is -1.02. The van der Waals surface area contributed by atoms with Gasteiger partial charge in [0.25, 0.3) is 5.91 Å². The van der Waals surface area contributed by atoms with Gasteiger partial charge in [0.15, 0.2) is 6.54 Å². The molecule has 2 aromatic rings. The molecule has 1 heterocycles. The molecule has 1 aliphatic rings. The van der Waals surface area contributed by atoms with Gasteiger partial charge in [-0.05, 0) is 24.6 Å². The number of carbonyl (C=O) groups excluding carboxylic acids is 1. The van der Waals surface area contributed by atoms with Crippen LogP contribution in [0.4, 0.5) is 5.69 Å². The minimum Gasteiger partial charge on any atom is -0.495 e. The summed E-state index contributed by atoms with van der Waals surface area (Å²) >= 11 is 0. The molecule has 1 aliphatic heterocycles. The zero-order valence-corrected chi connectivity index (χ0v) is 15.7. The number of rotatable bonds is 6. The maximum Gasteiger partial charge on any atom is 0.279 e. The molecule has 1 amide bonds. The smallest absolute Gasteiger partial charge is 0.279 e. The first-order valence-corrected chi connectivity index (χ1v) is 9.29. The summed E-state index contributed by atoms with van der Waals surface area (Å²) < 4.78 is 5.34. The second kappa shape index (κ2) is 8.83. The fourth-order valence-corrected chi connectivity index (χ4v) is 3.54. The molecule has 0 unspecified atom stereocenters. The third-order valence-corrected chi connectivity index (χ3v) is 5.00. The van der Waals surface area contributed by atoms with Crippen molar-refractivity contribution in [3.05, 3.63) is 59.7 Å². The molecule has 3 rings (SSSR count). The minimum atomic E-state index is 0.0513. The highest BCUT2D eigenvalue weighted by Gasteiger charge is 2.25. The fourth-order valence-electron chi connectivity index (χ4n) is 3.54. The Bertz CT molecular complexity index is 725. The van der Waals surface area contributed by atoms with Gasteiger partial charge in [0.05, 0.1) is 12.8 Å². The van der Waals surface area contributed by atoms with Gasteiger partial charge in [-0.1, -0.05) is 36.4 Å². The van der Waals surface area contributed by atoms with Gasteiger partial charge in [0, 0.05) is 5.56 Å². The van der Waals surface area contributed by atoms with Crippen molar-refractivity contribution in [2.24, 2.45) is 0 Å². The van der Waals surface area contributed by atoms with Crippen molar-refractivity contribution in [1.29, 1.82) is 0 Å². The molecule has 138 valence electrons. The number of carbonyl (C=O) groups is 1. The van der Waals surface area contributed by atoms with Crippen LogP contribution in [0.15, 0.2) is 48.5 Å². The molecular formula is C21H29N3O2+2. The van der Waals surface area contributed by atoms with Crippen molar-refractivity contribution in [2.45, 2.75) is 13.5 Å². The number of piperazine rings is 1. The van der Waals surface area contributed by atoms with E-state index >= 15 is 0 Å². The first-order chi connectivity index (χ1) is 12.6. The molecule has 1 saturated heterocycles. The molecule has 3 N–H and O–H groups in total. The number of quaternary nitrogens is 2. The van der Waals surface area contributed by atoms with Gasteiger partial charge >= 0.3 is 0 Å².